The van der Waals surface area contributed by atoms with Crippen LogP contribution < -0.4 is 16.6 Å². The second kappa shape index (κ2) is 5.85. The average Bonchev–Trinajstić information content (AvgIpc) is 3.29. The Hall–Kier alpha value is -1.89. The maximum absolute atomic E-state index is 12.3. The molecular formula is C14H20N4O3. The third kappa shape index (κ3) is 3.41. The van der Waals surface area contributed by atoms with Crippen LogP contribution in [-0.2, 0) is 0 Å². The quantitative estimate of drug-likeness (QED) is 0.707. The molecule has 114 valence electrons. The second-order valence-corrected chi connectivity index (χ2v) is 5.90. The summed E-state index contributed by atoms with van der Waals surface area (Å²) in [5, 5.41) is 3.55. The Kier molecular flexibility index (Phi) is 3.92. The molecule has 0 bridgehead atoms. The van der Waals surface area contributed by atoms with Crippen LogP contribution in [0.15, 0.2) is 15.8 Å². The van der Waals surface area contributed by atoms with Gasteiger partial charge >= 0.3 is 5.69 Å². The zero-order valence-electron chi connectivity index (χ0n) is 11.9. The number of aromatic nitrogens is 2. The van der Waals surface area contributed by atoms with E-state index < -0.39 is 11.2 Å². The van der Waals surface area contributed by atoms with Crippen molar-refractivity contribution >= 4 is 5.91 Å². The standard InChI is InChI=1S/C14H20N4O3/c19-12-11(8-16-14(21)17-12)13(20)18-5-3-10(4-6-18)15-7-9-1-2-9/h8-10,15H,1-7H2,(H2,16,17,19,21). The molecule has 7 nitrogen and oxygen atoms in total. The molecule has 0 atom stereocenters. The molecule has 2 heterocycles. The highest BCUT2D eigenvalue weighted by molar-refractivity contribution is 5.93. The fraction of sp³-hybridized carbons (Fsp3) is 0.643. The van der Waals surface area contributed by atoms with E-state index in [0.717, 1.165) is 25.3 Å². The van der Waals surface area contributed by atoms with Crippen LogP contribution in [0.1, 0.15) is 36.0 Å². The van der Waals surface area contributed by atoms with Crippen molar-refractivity contribution in [3.63, 3.8) is 0 Å². The van der Waals surface area contributed by atoms with Gasteiger partial charge in [-0.25, -0.2) is 4.79 Å². The first-order chi connectivity index (χ1) is 10.1. The minimum atomic E-state index is -0.627. The molecule has 0 radical (unpaired) electrons. The van der Waals surface area contributed by atoms with Crippen LogP contribution in [0.3, 0.4) is 0 Å². The van der Waals surface area contributed by atoms with Crippen molar-refractivity contribution in [2.45, 2.75) is 31.7 Å². The molecule has 2 aliphatic rings. The number of nitrogens with zero attached hydrogens (tertiary/aromatic N) is 1. The molecule has 0 unspecified atom stereocenters. The van der Waals surface area contributed by atoms with Crippen LogP contribution in [0, 0.1) is 5.92 Å². The monoisotopic (exact) mass is 292 g/mol. The summed E-state index contributed by atoms with van der Waals surface area (Å²) in [7, 11) is 0. The molecular weight excluding hydrogens is 272 g/mol. The number of aromatic amines is 2. The fourth-order valence-corrected chi connectivity index (χ4v) is 2.68. The number of hydrogen-bond donors (Lipinski definition) is 3. The van der Waals surface area contributed by atoms with Gasteiger partial charge in [-0.1, -0.05) is 0 Å². The van der Waals surface area contributed by atoms with Crippen LogP contribution in [0.2, 0.25) is 0 Å². The number of carbonyl (C=O) groups is 1. The number of nitrogens with one attached hydrogen (secondary N) is 3. The molecule has 1 aliphatic heterocycles. The van der Waals surface area contributed by atoms with E-state index in [9.17, 15) is 14.4 Å². The average molecular weight is 292 g/mol. The molecule has 7 heteroatoms. The van der Waals surface area contributed by atoms with Gasteiger partial charge < -0.3 is 15.2 Å². The number of H-pyrrole nitrogens is 2. The maximum atomic E-state index is 12.3. The molecule has 21 heavy (non-hydrogen) atoms. The number of rotatable bonds is 4. The Labute approximate surface area is 121 Å². The van der Waals surface area contributed by atoms with Crippen molar-refractivity contribution in [1.82, 2.24) is 20.2 Å². The van der Waals surface area contributed by atoms with Gasteiger partial charge in [0.1, 0.15) is 5.56 Å². The Balaban J connectivity index is 1.56. The topological polar surface area (TPSA) is 98.1 Å². The van der Waals surface area contributed by atoms with E-state index in [2.05, 4.69) is 15.3 Å². The third-order valence-electron chi connectivity index (χ3n) is 4.22. The summed E-state index contributed by atoms with van der Waals surface area (Å²) < 4.78 is 0. The highest BCUT2D eigenvalue weighted by Crippen LogP contribution is 2.28. The SMILES string of the molecule is O=C(c1c[nH]c(=O)[nH]c1=O)N1CCC(NCC2CC2)CC1. The van der Waals surface area contributed by atoms with Gasteiger partial charge in [0, 0.05) is 25.3 Å². The van der Waals surface area contributed by atoms with E-state index in [1.54, 1.807) is 4.90 Å². The van der Waals surface area contributed by atoms with Crippen molar-refractivity contribution in [1.29, 1.82) is 0 Å². The van der Waals surface area contributed by atoms with Gasteiger partial charge in [0.2, 0.25) is 0 Å². The van der Waals surface area contributed by atoms with Crippen molar-refractivity contribution in [3.05, 3.63) is 32.6 Å². The smallest absolute Gasteiger partial charge is 0.325 e. The van der Waals surface area contributed by atoms with Crippen molar-refractivity contribution in [2.75, 3.05) is 19.6 Å². The Morgan fingerprint density at radius 2 is 1.95 bits per heavy atom. The van der Waals surface area contributed by atoms with Gasteiger partial charge in [-0.15, -0.1) is 0 Å². The molecule has 0 spiro atoms. The number of piperidine rings is 1. The van der Waals surface area contributed by atoms with Gasteiger partial charge in [-0.05, 0) is 38.1 Å². The van der Waals surface area contributed by atoms with Gasteiger partial charge in [0.05, 0.1) is 0 Å². The summed E-state index contributed by atoms with van der Waals surface area (Å²) in [6.07, 6.45) is 5.67. The Morgan fingerprint density at radius 3 is 2.57 bits per heavy atom. The van der Waals surface area contributed by atoms with Crippen molar-refractivity contribution < 1.29 is 4.79 Å². The lowest BCUT2D eigenvalue weighted by Gasteiger charge is -2.32. The first-order valence-corrected chi connectivity index (χ1v) is 7.48. The van der Waals surface area contributed by atoms with Crippen LogP contribution in [0.4, 0.5) is 0 Å². The molecule has 3 rings (SSSR count). The maximum Gasteiger partial charge on any atom is 0.325 e. The van der Waals surface area contributed by atoms with E-state index in [4.69, 9.17) is 0 Å². The van der Waals surface area contributed by atoms with E-state index in [1.807, 2.05) is 0 Å². The molecule has 1 saturated heterocycles. The first kappa shape index (κ1) is 14.1. The first-order valence-electron chi connectivity index (χ1n) is 7.48. The Bertz CT molecular complexity index is 624. The minimum absolute atomic E-state index is 0.000936. The largest absolute Gasteiger partial charge is 0.338 e. The van der Waals surface area contributed by atoms with E-state index in [-0.39, 0.29) is 11.5 Å². The molecule has 1 aromatic rings. The van der Waals surface area contributed by atoms with Crippen LogP contribution in [0.25, 0.3) is 0 Å². The summed E-state index contributed by atoms with van der Waals surface area (Å²) in [6.45, 7) is 2.36. The lowest BCUT2D eigenvalue weighted by molar-refractivity contribution is 0.0702. The van der Waals surface area contributed by atoms with Gasteiger partial charge in [-0.3, -0.25) is 14.6 Å². The van der Waals surface area contributed by atoms with Crippen LogP contribution >= 0.6 is 0 Å². The highest BCUT2D eigenvalue weighted by atomic mass is 16.2. The molecule has 0 aromatic carbocycles. The Morgan fingerprint density at radius 1 is 1.24 bits per heavy atom. The molecule has 1 aromatic heterocycles. The normalized spacial score (nSPS) is 19.7. The summed E-state index contributed by atoms with van der Waals surface area (Å²) in [5.74, 6) is 0.539. The summed E-state index contributed by atoms with van der Waals surface area (Å²) in [4.78, 5) is 41.0. The summed E-state index contributed by atoms with van der Waals surface area (Å²) in [6, 6.07) is 0.462. The van der Waals surface area contributed by atoms with Gasteiger partial charge in [0.25, 0.3) is 11.5 Å². The van der Waals surface area contributed by atoms with E-state index in [1.165, 1.54) is 19.0 Å². The van der Waals surface area contributed by atoms with Gasteiger partial charge in [0.15, 0.2) is 0 Å². The number of likely N-dealkylation sites (tertiary alicyclic amines) is 1. The third-order valence-corrected chi connectivity index (χ3v) is 4.22. The second-order valence-electron chi connectivity index (χ2n) is 5.90. The molecule has 1 aliphatic carbocycles. The number of amides is 1. The van der Waals surface area contributed by atoms with Crippen molar-refractivity contribution in [3.8, 4) is 0 Å². The predicted octanol–water partition coefficient (Wildman–Crippen LogP) is -0.333. The predicted molar refractivity (Wildman–Crippen MR) is 77.3 cm³/mol. The fourth-order valence-electron chi connectivity index (χ4n) is 2.68. The van der Waals surface area contributed by atoms with Crippen LogP contribution in [0.5, 0.6) is 0 Å². The minimum Gasteiger partial charge on any atom is -0.338 e. The van der Waals surface area contributed by atoms with Crippen molar-refractivity contribution in [2.24, 2.45) is 5.92 Å². The lowest BCUT2D eigenvalue weighted by Crippen LogP contribution is -2.46. The zero-order chi connectivity index (χ0) is 14.8. The zero-order valence-corrected chi connectivity index (χ0v) is 11.9. The highest BCUT2D eigenvalue weighted by Gasteiger charge is 2.27. The molecule has 1 amide bonds. The van der Waals surface area contributed by atoms with Crippen LogP contribution in [-0.4, -0.2) is 46.5 Å². The van der Waals surface area contributed by atoms with E-state index >= 15 is 0 Å². The van der Waals surface area contributed by atoms with E-state index in [0.29, 0.717) is 19.1 Å². The molecule has 3 N–H and O–H groups in total. The number of carbonyl (C=O) groups excluding carboxylic acids is 1. The lowest BCUT2D eigenvalue weighted by atomic mass is 10.0. The van der Waals surface area contributed by atoms with Gasteiger partial charge in [-0.2, -0.15) is 0 Å². The molecule has 1 saturated carbocycles. The molecule has 2 fully saturated rings. The summed E-state index contributed by atoms with van der Waals surface area (Å²) >= 11 is 0. The summed E-state index contributed by atoms with van der Waals surface area (Å²) in [5.41, 5.74) is -1.23. The number of hydrogen-bond acceptors (Lipinski definition) is 4.